The summed E-state index contributed by atoms with van der Waals surface area (Å²) in [4.78, 5) is 13.0. The summed E-state index contributed by atoms with van der Waals surface area (Å²) in [6, 6.07) is 6.63. The molecule has 0 radical (unpaired) electrons. The molecule has 0 bridgehead atoms. The molecule has 0 amide bonds. The largest absolute Gasteiger partial charge is 0.497 e. The van der Waals surface area contributed by atoms with Crippen LogP contribution in [0.3, 0.4) is 0 Å². The van der Waals surface area contributed by atoms with Crippen LogP contribution in [0.15, 0.2) is 18.2 Å². The number of carbonyl (C=O) groups is 1. The number of ketones is 1. The molecule has 3 nitrogen and oxygen atoms in total. The lowest BCUT2D eigenvalue weighted by molar-refractivity contribution is -0.129. The minimum absolute atomic E-state index is 0.0905. The number of unbranched alkanes of at least 4 members (excludes halogenated alkanes) is 2. The highest BCUT2D eigenvalue weighted by Gasteiger charge is 2.58. The number of fused-ring (bicyclic) bond motifs is 5. The van der Waals surface area contributed by atoms with E-state index >= 15 is 0 Å². The Kier molecular flexibility index (Phi) is 7.42. The SMILES string of the molecule is CC.COc1ccc2c(c1)CCC1C2CCC2(C)C(=O)CC(CCCCCO)C12. The Hall–Kier alpha value is -1.35. The van der Waals surface area contributed by atoms with Crippen LogP contribution in [0.5, 0.6) is 5.75 Å². The van der Waals surface area contributed by atoms with E-state index in [9.17, 15) is 4.79 Å². The third-order valence-electron chi connectivity index (χ3n) is 8.01. The summed E-state index contributed by atoms with van der Waals surface area (Å²) in [5, 5.41) is 9.05. The second-order valence-electron chi connectivity index (χ2n) is 9.32. The zero-order chi connectivity index (χ0) is 21.0. The van der Waals surface area contributed by atoms with Crippen molar-refractivity contribution in [3.8, 4) is 5.75 Å². The van der Waals surface area contributed by atoms with Gasteiger partial charge in [0.2, 0.25) is 0 Å². The first-order chi connectivity index (χ1) is 14.1. The van der Waals surface area contributed by atoms with Crippen LogP contribution in [0, 0.1) is 23.2 Å². The number of ether oxygens (including phenoxy) is 1. The van der Waals surface area contributed by atoms with Gasteiger partial charge in [-0.25, -0.2) is 0 Å². The van der Waals surface area contributed by atoms with Crippen molar-refractivity contribution in [1.29, 1.82) is 0 Å². The Balaban J connectivity index is 0.00000117. The lowest BCUT2D eigenvalue weighted by Gasteiger charge is -2.50. The number of benzene rings is 1. The summed E-state index contributed by atoms with van der Waals surface area (Å²) in [5.41, 5.74) is 2.89. The van der Waals surface area contributed by atoms with Gasteiger partial charge in [-0.2, -0.15) is 0 Å². The average molecular weight is 401 g/mol. The molecule has 4 rings (SSSR count). The van der Waals surface area contributed by atoms with Crippen molar-refractivity contribution in [2.75, 3.05) is 13.7 Å². The van der Waals surface area contributed by atoms with Gasteiger partial charge in [0.25, 0.3) is 0 Å². The van der Waals surface area contributed by atoms with Crippen LogP contribution in [-0.2, 0) is 11.2 Å². The highest BCUT2D eigenvalue weighted by Crippen LogP contribution is 2.62. The Morgan fingerprint density at radius 1 is 1.17 bits per heavy atom. The van der Waals surface area contributed by atoms with Crippen LogP contribution in [0.2, 0.25) is 0 Å². The number of hydrogen-bond acceptors (Lipinski definition) is 3. The number of methoxy groups -OCH3 is 1. The molecular formula is C26H40O3. The van der Waals surface area contributed by atoms with Crippen molar-refractivity contribution >= 4 is 5.78 Å². The first-order valence-corrected chi connectivity index (χ1v) is 11.9. The predicted octanol–water partition coefficient (Wildman–Crippen LogP) is 5.93. The summed E-state index contributed by atoms with van der Waals surface area (Å²) < 4.78 is 5.43. The van der Waals surface area contributed by atoms with E-state index in [-0.39, 0.29) is 12.0 Å². The van der Waals surface area contributed by atoms with Gasteiger partial charge in [0.05, 0.1) is 7.11 Å². The molecule has 5 atom stereocenters. The van der Waals surface area contributed by atoms with E-state index in [4.69, 9.17) is 9.84 Å². The molecule has 3 aliphatic carbocycles. The molecule has 0 saturated heterocycles. The van der Waals surface area contributed by atoms with Gasteiger partial charge in [-0.1, -0.05) is 39.7 Å². The van der Waals surface area contributed by atoms with Crippen molar-refractivity contribution < 1.29 is 14.6 Å². The van der Waals surface area contributed by atoms with Gasteiger partial charge in [-0.05, 0) is 85.5 Å². The molecular weight excluding hydrogens is 360 g/mol. The van der Waals surface area contributed by atoms with Crippen LogP contribution >= 0.6 is 0 Å². The number of carbonyl (C=O) groups excluding carboxylic acids is 1. The molecule has 29 heavy (non-hydrogen) atoms. The second-order valence-corrected chi connectivity index (χ2v) is 9.32. The first-order valence-electron chi connectivity index (χ1n) is 11.9. The van der Waals surface area contributed by atoms with Crippen LogP contribution in [0.4, 0.5) is 0 Å². The van der Waals surface area contributed by atoms with Gasteiger partial charge in [-0.3, -0.25) is 4.79 Å². The average Bonchev–Trinajstić information content (AvgIpc) is 3.02. The molecule has 162 valence electrons. The van der Waals surface area contributed by atoms with Gasteiger partial charge in [0.15, 0.2) is 0 Å². The highest BCUT2D eigenvalue weighted by molar-refractivity contribution is 5.87. The lowest BCUT2D eigenvalue weighted by atomic mass is 9.54. The van der Waals surface area contributed by atoms with Crippen molar-refractivity contribution in [3.63, 3.8) is 0 Å². The number of hydrogen-bond donors (Lipinski definition) is 1. The van der Waals surface area contributed by atoms with E-state index < -0.39 is 0 Å². The summed E-state index contributed by atoms with van der Waals surface area (Å²) in [6.07, 6.45) is 9.61. The van der Waals surface area contributed by atoms with Crippen molar-refractivity contribution in [2.45, 2.75) is 84.5 Å². The summed E-state index contributed by atoms with van der Waals surface area (Å²) in [5.74, 6) is 3.86. The van der Waals surface area contributed by atoms with E-state index in [1.54, 1.807) is 7.11 Å². The fourth-order valence-corrected chi connectivity index (χ4v) is 6.71. The monoisotopic (exact) mass is 400 g/mol. The molecule has 1 aromatic rings. The minimum atomic E-state index is -0.0905. The standard InChI is InChI=1S/C24H34O3.C2H6/c1-24-12-11-20-19-10-8-18(27-2)14-16(19)7-9-21(20)23(24)17(15-22(24)26)6-4-3-5-13-25;1-2/h8,10,14,17,20-21,23,25H,3-7,9,11-13,15H2,1-2H3;1-2H3. The third kappa shape index (κ3) is 4.13. The summed E-state index contributed by atoms with van der Waals surface area (Å²) >= 11 is 0. The molecule has 2 saturated carbocycles. The normalized spacial score (nSPS) is 32.5. The van der Waals surface area contributed by atoms with E-state index in [1.807, 2.05) is 13.8 Å². The first kappa shape index (κ1) is 22.3. The predicted molar refractivity (Wildman–Crippen MR) is 118 cm³/mol. The van der Waals surface area contributed by atoms with Crippen molar-refractivity contribution in [3.05, 3.63) is 29.3 Å². The van der Waals surface area contributed by atoms with Gasteiger partial charge in [-0.15, -0.1) is 0 Å². The summed E-state index contributed by atoms with van der Waals surface area (Å²) in [6.45, 7) is 6.56. The van der Waals surface area contributed by atoms with Crippen molar-refractivity contribution in [2.24, 2.45) is 23.2 Å². The molecule has 5 unspecified atom stereocenters. The smallest absolute Gasteiger partial charge is 0.139 e. The van der Waals surface area contributed by atoms with Gasteiger partial charge < -0.3 is 9.84 Å². The minimum Gasteiger partial charge on any atom is -0.497 e. The molecule has 1 aromatic carbocycles. The van der Waals surface area contributed by atoms with E-state index in [0.717, 1.165) is 57.1 Å². The number of rotatable bonds is 6. The molecule has 3 heteroatoms. The van der Waals surface area contributed by atoms with Gasteiger partial charge in [0, 0.05) is 18.4 Å². The van der Waals surface area contributed by atoms with Crippen molar-refractivity contribution in [1.82, 2.24) is 0 Å². The maximum absolute atomic E-state index is 13.0. The van der Waals surface area contributed by atoms with Gasteiger partial charge >= 0.3 is 0 Å². The maximum Gasteiger partial charge on any atom is 0.139 e. The van der Waals surface area contributed by atoms with Crippen LogP contribution in [0.1, 0.15) is 89.2 Å². The lowest BCUT2D eigenvalue weighted by Crippen LogP contribution is -2.44. The Morgan fingerprint density at radius 3 is 2.69 bits per heavy atom. The van der Waals surface area contributed by atoms with Crippen LogP contribution in [0.25, 0.3) is 0 Å². The Labute approximate surface area is 177 Å². The molecule has 0 spiro atoms. The molecule has 0 aromatic heterocycles. The zero-order valence-electron chi connectivity index (χ0n) is 18.9. The topological polar surface area (TPSA) is 46.5 Å². The van der Waals surface area contributed by atoms with Crippen LogP contribution < -0.4 is 4.74 Å². The molecule has 0 heterocycles. The number of aryl methyl sites for hydroxylation is 1. The molecule has 2 fully saturated rings. The quantitative estimate of drug-likeness (QED) is 0.602. The highest BCUT2D eigenvalue weighted by atomic mass is 16.5. The molecule has 0 aliphatic heterocycles. The number of Topliss-reactive ketones (excluding diaryl/α,β-unsaturated/α-hetero) is 1. The number of aliphatic hydroxyl groups excluding tert-OH is 1. The second kappa shape index (κ2) is 9.64. The number of aliphatic hydroxyl groups is 1. The Bertz CT molecular complexity index is 697. The Morgan fingerprint density at radius 2 is 1.97 bits per heavy atom. The molecule has 1 N–H and O–H groups in total. The fourth-order valence-electron chi connectivity index (χ4n) is 6.71. The van der Waals surface area contributed by atoms with E-state index in [2.05, 4.69) is 25.1 Å². The van der Waals surface area contributed by atoms with Crippen LogP contribution in [-0.4, -0.2) is 24.6 Å². The molecule has 3 aliphatic rings. The van der Waals surface area contributed by atoms with Gasteiger partial charge in [0.1, 0.15) is 11.5 Å². The maximum atomic E-state index is 13.0. The third-order valence-corrected chi connectivity index (χ3v) is 8.01. The zero-order valence-corrected chi connectivity index (χ0v) is 18.9. The van der Waals surface area contributed by atoms with E-state index in [0.29, 0.717) is 29.5 Å². The van der Waals surface area contributed by atoms with E-state index in [1.165, 1.54) is 17.5 Å². The fraction of sp³-hybridized carbons (Fsp3) is 0.731. The summed E-state index contributed by atoms with van der Waals surface area (Å²) in [7, 11) is 1.74.